The third kappa shape index (κ3) is 5.02. The zero-order valence-electron chi connectivity index (χ0n) is 32.8. The number of nitrogens with zero attached hydrogens (tertiary/aromatic N) is 1. The topological polar surface area (TPSA) is 3.24 Å². The van der Waals surface area contributed by atoms with E-state index < -0.39 is 0 Å². The van der Waals surface area contributed by atoms with Crippen molar-refractivity contribution >= 4 is 38.6 Å². The van der Waals surface area contributed by atoms with Crippen LogP contribution in [0, 0.1) is 0 Å². The molecule has 0 saturated carbocycles. The van der Waals surface area contributed by atoms with E-state index in [0.717, 1.165) is 17.1 Å². The van der Waals surface area contributed by atoms with Crippen LogP contribution in [0.4, 0.5) is 17.1 Å². The van der Waals surface area contributed by atoms with E-state index in [1.54, 1.807) is 0 Å². The molecule has 2 aliphatic carbocycles. The van der Waals surface area contributed by atoms with Crippen LogP contribution in [0.15, 0.2) is 188 Å². The molecule has 57 heavy (non-hydrogen) atoms. The van der Waals surface area contributed by atoms with Crippen LogP contribution in [0.3, 0.4) is 0 Å². The van der Waals surface area contributed by atoms with E-state index in [-0.39, 0.29) is 10.8 Å². The second-order valence-electron chi connectivity index (χ2n) is 16.9. The van der Waals surface area contributed by atoms with E-state index in [1.165, 1.54) is 88.3 Å². The summed E-state index contributed by atoms with van der Waals surface area (Å²) >= 11 is 0. The maximum atomic E-state index is 2.45. The molecule has 9 aromatic rings. The van der Waals surface area contributed by atoms with E-state index in [2.05, 4.69) is 221 Å². The first kappa shape index (κ1) is 33.6. The zero-order chi connectivity index (χ0) is 38.5. The fourth-order valence-corrected chi connectivity index (χ4v) is 10.3. The lowest BCUT2D eigenvalue weighted by atomic mass is 9.79. The lowest BCUT2D eigenvalue weighted by Crippen LogP contribution is -2.17. The van der Waals surface area contributed by atoms with Crippen LogP contribution in [0.5, 0.6) is 0 Å². The molecule has 0 saturated heterocycles. The first-order chi connectivity index (χ1) is 27.8. The molecular formula is C56H43N. The van der Waals surface area contributed by atoms with Crippen molar-refractivity contribution in [1.29, 1.82) is 0 Å². The number of benzene rings is 9. The Kier molecular flexibility index (Phi) is 7.32. The average molecular weight is 730 g/mol. The highest BCUT2D eigenvalue weighted by Gasteiger charge is 2.38. The SMILES string of the molecule is CC1(C)c2ccccc2-c2ccc(N(c3ccc(-c4cccc5c4ccc4ccccc45)cc3)c3cccc(-c4cccc5c4C(C)(C)c4ccccc4-5)c3)cc21. The molecule has 0 unspecified atom stereocenters. The standard InChI is InChI=1S/C56H43N/c1-55(2)51-24-9-7-18-47(51)49-33-31-41(35-53(49)55)57(39-29-26-37(27-30-39)43-20-12-22-45-42-17-6-5-14-36(42)28-32-46(43)45)40-16-11-15-38(34-40)44-21-13-23-50-48-19-8-10-25-52(48)56(3,4)54(44)50/h5-35H,1-4H3. The van der Waals surface area contributed by atoms with Crippen LogP contribution in [-0.4, -0.2) is 0 Å². The highest BCUT2D eigenvalue weighted by Crippen LogP contribution is 2.53. The Bertz CT molecular complexity index is 3070. The molecule has 9 aromatic carbocycles. The monoisotopic (exact) mass is 729 g/mol. The zero-order valence-corrected chi connectivity index (χ0v) is 32.8. The Morgan fingerprint density at radius 3 is 1.72 bits per heavy atom. The van der Waals surface area contributed by atoms with Gasteiger partial charge in [0, 0.05) is 27.9 Å². The molecule has 11 rings (SSSR count). The smallest absolute Gasteiger partial charge is 0.0467 e. The van der Waals surface area contributed by atoms with Crippen molar-refractivity contribution in [2.45, 2.75) is 38.5 Å². The van der Waals surface area contributed by atoms with Crippen LogP contribution in [0.2, 0.25) is 0 Å². The molecule has 0 amide bonds. The minimum Gasteiger partial charge on any atom is -0.310 e. The summed E-state index contributed by atoms with van der Waals surface area (Å²) in [5, 5.41) is 5.12. The van der Waals surface area contributed by atoms with Gasteiger partial charge in [-0.3, -0.25) is 0 Å². The fourth-order valence-electron chi connectivity index (χ4n) is 10.3. The van der Waals surface area contributed by atoms with Crippen LogP contribution in [-0.2, 0) is 10.8 Å². The van der Waals surface area contributed by atoms with E-state index >= 15 is 0 Å². The maximum absolute atomic E-state index is 2.45. The van der Waals surface area contributed by atoms with Gasteiger partial charge in [-0.1, -0.05) is 179 Å². The third-order valence-electron chi connectivity index (χ3n) is 13.0. The van der Waals surface area contributed by atoms with Crippen molar-refractivity contribution in [2.75, 3.05) is 4.90 Å². The Morgan fingerprint density at radius 1 is 0.316 bits per heavy atom. The molecule has 0 radical (unpaired) electrons. The van der Waals surface area contributed by atoms with Gasteiger partial charge < -0.3 is 4.90 Å². The predicted molar refractivity (Wildman–Crippen MR) is 242 cm³/mol. The molecule has 0 atom stereocenters. The van der Waals surface area contributed by atoms with Crippen molar-refractivity contribution in [3.8, 4) is 44.5 Å². The molecule has 0 spiro atoms. The van der Waals surface area contributed by atoms with E-state index in [0.29, 0.717) is 0 Å². The van der Waals surface area contributed by atoms with Gasteiger partial charge in [0.25, 0.3) is 0 Å². The van der Waals surface area contributed by atoms with Gasteiger partial charge in [0.1, 0.15) is 0 Å². The molecule has 0 heterocycles. The Morgan fingerprint density at radius 2 is 0.895 bits per heavy atom. The number of anilines is 3. The number of rotatable bonds is 5. The molecule has 0 aromatic heterocycles. The third-order valence-corrected chi connectivity index (χ3v) is 13.0. The van der Waals surface area contributed by atoms with Gasteiger partial charge in [-0.15, -0.1) is 0 Å². The summed E-state index contributed by atoms with van der Waals surface area (Å²) in [6.07, 6.45) is 0. The lowest BCUT2D eigenvalue weighted by molar-refractivity contribution is 0.660. The van der Waals surface area contributed by atoms with E-state index in [4.69, 9.17) is 0 Å². The minimum absolute atomic E-state index is 0.108. The summed E-state index contributed by atoms with van der Waals surface area (Å²) in [5.74, 6) is 0. The minimum atomic E-state index is -0.109. The van der Waals surface area contributed by atoms with Crippen molar-refractivity contribution in [3.63, 3.8) is 0 Å². The van der Waals surface area contributed by atoms with E-state index in [9.17, 15) is 0 Å². The first-order valence-electron chi connectivity index (χ1n) is 20.2. The Hall–Kier alpha value is -6.70. The van der Waals surface area contributed by atoms with Gasteiger partial charge in [-0.2, -0.15) is 0 Å². The van der Waals surface area contributed by atoms with Gasteiger partial charge >= 0.3 is 0 Å². The molecule has 272 valence electrons. The van der Waals surface area contributed by atoms with Gasteiger partial charge in [-0.25, -0.2) is 0 Å². The van der Waals surface area contributed by atoms with Crippen LogP contribution in [0.25, 0.3) is 66.1 Å². The van der Waals surface area contributed by atoms with E-state index in [1.807, 2.05) is 0 Å². The lowest BCUT2D eigenvalue weighted by Gasteiger charge is -2.29. The molecule has 0 aliphatic heterocycles. The van der Waals surface area contributed by atoms with Gasteiger partial charge in [-0.05, 0) is 125 Å². The summed E-state index contributed by atoms with van der Waals surface area (Å²) in [7, 11) is 0. The number of fused-ring (bicyclic) bond motifs is 9. The fraction of sp³-hybridized carbons (Fsp3) is 0.107. The second-order valence-corrected chi connectivity index (χ2v) is 16.9. The summed E-state index contributed by atoms with van der Waals surface area (Å²) in [4.78, 5) is 2.45. The summed E-state index contributed by atoms with van der Waals surface area (Å²) < 4.78 is 0. The molecule has 0 bridgehead atoms. The summed E-state index contributed by atoms with van der Waals surface area (Å²) in [5.41, 5.74) is 19.1. The molecule has 0 fully saturated rings. The van der Waals surface area contributed by atoms with Gasteiger partial charge in [0.2, 0.25) is 0 Å². The van der Waals surface area contributed by atoms with Crippen molar-refractivity contribution in [2.24, 2.45) is 0 Å². The Balaban J connectivity index is 1.07. The number of hydrogen-bond donors (Lipinski definition) is 0. The first-order valence-corrected chi connectivity index (χ1v) is 20.2. The average Bonchev–Trinajstić information content (AvgIpc) is 3.63. The largest absolute Gasteiger partial charge is 0.310 e. The Labute approximate surface area is 335 Å². The van der Waals surface area contributed by atoms with Gasteiger partial charge in [0.15, 0.2) is 0 Å². The van der Waals surface area contributed by atoms with Crippen LogP contribution >= 0.6 is 0 Å². The predicted octanol–water partition coefficient (Wildman–Crippen LogP) is 15.4. The van der Waals surface area contributed by atoms with Crippen LogP contribution in [0.1, 0.15) is 49.9 Å². The molecule has 1 nitrogen and oxygen atoms in total. The van der Waals surface area contributed by atoms with Gasteiger partial charge in [0.05, 0.1) is 0 Å². The van der Waals surface area contributed by atoms with Crippen molar-refractivity contribution < 1.29 is 0 Å². The quantitative estimate of drug-likeness (QED) is 0.159. The normalized spacial score (nSPS) is 14.2. The summed E-state index contributed by atoms with van der Waals surface area (Å²) in [6, 6.07) is 70.0. The highest BCUT2D eigenvalue weighted by molar-refractivity contribution is 6.12. The van der Waals surface area contributed by atoms with Crippen molar-refractivity contribution in [3.05, 3.63) is 210 Å². The van der Waals surface area contributed by atoms with Crippen molar-refractivity contribution in [1.82, 2.24) is 0 Å². The second kappa shape index (κ2) is 12.4. The summed E-state index contributed by atoms with van der Waals surface area (Å²) in [6.45, 7) is 9.48. The van der Waals surface area contributed by atoms with Crippen LogP contribution < -0.4 is 4.90 Å². The molecule has 1 heteroatoms. The molecular weight excluding hydrogens is 687 g/mol. The molecule has 2 aliphatic rings. The molecule has 0 N–H and O–H groups in total. The highest BCUT2D eigenvalue weighted by atomic mass is 15.1. The maximum Gasteiger partial charge on any atom is 0.0467 e. The number of hydrogen-bond acceptors (Lipinski definition) is 1.